The molecule has 2 heterocycles. The minimum absolute atomic E-state index is 0.179. The Hall–Kier alpha value is -2.14. The van der Waals surface area contributed by atoms with E-state index >= 15 is 0 Å². The molecule has 1 fully saturated rings. The highest BCUT2D eigenvalue weighted by atomic mass is 16.2. The molecular weight excluding hydrogens is 252 g/mol. The van der Waals surface area contributed by atoms with Crippen LogP contribution in [0.25, 0.3) is 0 Å². The first-order valence-electron chi connectivity index (χ1n) is 6.78. The molecule has 0 saturated carbocycles. The molecule has 0 bridgehead atoms. The molecular formula is C15H18N4O. The molecule has 0 aliphatic carbocycles. The number of hydrogen-bond acceptors (Lipinski definition) is 3. The van der Waals surface area contributed by atoms with Gasteiger partial charge in [-0.3, -0.25) is 4.79 Å². The Morgan fingerprint density at radius 2 is 2.15 bits per heavy atom. The molecule has 1 atom stereocenters. The van der Waals surface area contributed by atoms with E-state index in [1.165, 1.54) is 0 Å². The third-order valence-electron chi connectivity index (χ3n) is 3.68. The summed E-state index contributed by atoms with van der Waals surface area (Å²) in [5.41, 5.74) is 2.10. The molecule has 1 aliphatic rings. The van der Waals surface area contributed by atoms with Gasteiger partial charge >= 0.3 is 0 Å². The number of benzene rings is 1. The number of nitrogens with one attached hydrogen (secondary N) is 1. The van der Waals surface area contributed by atoms with E-state index in [1.807, 2.05) is 53.0 Å². The average molecular weight is 270 g/mol. The van der Waals surface area contributed by atoms with Gasteiger partial charge in [-0.05, 0) is 12.1 Å². The molecule has 5 nitrogen and oxygen atoms in total. The van der Waals surface area contributed by atoms with E-state index in [9.17, 15) is 4.79 Å². The van der Waals surface area contributed by atoms with E-state index in [4.69, 9.17) is 0 Å². The number of para-hydroxylation sites is 1. The zero-order valence-corrected chi connectivity index (χ0v) is 11.5. The average Bonchev–Trinajstić information content (AvgIpc) is 3.03. The lowest BCUT2D eigenvalue weighted by molar-refractivity contribution is -0.117. The predicted octanol–water partition coefficient (Wildman–Crippen LogP) is 1.32. The second-order valence-corrected chi connectivity index (χ2v) is 5.12. The van der Waals surface area contributed by atoms with Crippen LogP contribution in [0.5, 0.6) is 0 Å². The van der Waals surface area contributed by atoms with Gasteiger partial charge in [-0.1, -0.05) is 18.2 Å². The van der Waals surface area contributed by atoms with Gasteiger partial charge in [0.2, 0.25) is 5.91 Å². The maximum atomic E-state index is 12.1. The van der Waals surface area contributed by atoms with Gasteiger partial charge in [0.25, 0.3) is 0 Å². The predicted molar refractivity (Wildman–Crippen MR) is 77.2 cm³/mol. The quantitative estimate of drug-likeness (QED) is 0.911. The number of rotatable bonds is 4. The van der Waals surface area contributed by atoms with Crippen molar-refractivity contribution < 1.29 is 4.79 Å². The first kappa shape index (κ1) is 12.9. The molecule has 1 aromatic carbocycles. The van der Waals surface area contributed by atoms with Gasteiger partial charge in [-0.25, -0.2) is 4.98 Å². The molecule has 0 radical (unpaired) electrons. The van der Waals surface area contributed by atoms with Gasteiger partial charge in [0.1, 0.15) is 0 Å². The number of nitrogens with zero attached hydrogens (tertiary/aromatic N) is 3. The minimum Gasteiger partial charge on any atom is -0.337 e. The number of aromatic nitrogens is 2. The molecule has 1 N–H and O–H groups in total. The van der Waals surface area contributed by atoms with Crippen LogP contribution in [0.3, 0.4) is 0 Å². The SMILES string of the molecule is Cn1cncc1CN[C@@H]1CC(=O)N(c2ccccc2)C1. The third-order valence-corrected chi connectivity index (χ3v) is 3.68. The Morgan fingerprint density at radius 1 is 1.35 bits per heavy atom. The summed E-state index contributed by atoms with van der Waals surface area (Å²) in [6.07, 6.45) is 4.18. The zero-order valence-electron chi connectivity index (χ0n) is 11.5. The van der Waals surface area contributed by atoms with E-state index in [2.05, 4.69) is 10.3 Å². The van der Waals surface area contributed by atoms with E-state index < -0.39 is 0 Å². The Balaban J connectivity index is 1.61. The summed E-state index contributed by atoms with van der Waals surface area (Å²) in [6, 6.07) is 10.0. The normalized spacial score (nSPS) is 18.8. The fourth-order valence-corrected chi connectivity index (χ4v) is 2.51. The Kier molecular flexibility index (Phi) is 3.52. The lowest BCUT2D eigenvalue weighted by atomic mass is 10.2. The van der Waals surface area contributed by atoms with Crippen LogP contribution >= 0.6 is 0 Å². The molecule has 20 heavy (non-hydrogen) atoms. The van der Waals surface area contributed by atoms with Gasteiger partial charge in [0.05, 0.1) is 12.0 Å². The van der Waals surface area contributed by atoms with E-state index in [-0.39, 0.29) is 11.9 Å². The molecule has 1 saturated heterocycles. The van der Waals surface area contributed by atoms with Crippen LogP contribution in [0, 0.1) is 0 Å². The van der Waals surface area contributed by atoms with Gasteiger partial charge in [0, 0.05) is 44.5 Å². The minimum atomic E-state index is 0.179. The number of imidazole rings is 1. The number of aryl methyl sites for hydroxylation is 1. The topological polar surface area (TPSA) is 50.2 Å². The van der Waals surface area contributed by atoms with Crippen LogP contribution in [0.2, 0.25) is 0 Å². The smallest absolute Gasteiger partial charge is 0.228 e. The summed E-state index contributed by atoms with van der Waals surface area (Å²) in [7, 11) is 1.97. The molecule has 0 spiro atoms. The van der Waals surface area contributed by atoms with Crippen LogP contribution in [-0.2, 0) is 18.4 Å². The first-order chi connectivity index (χ1) is 9.74. The highest BCUT2D eigenvalue weighted by Crippen LogP contribution is 2.21. The second-order valence-electron chi connectivity index (χ2n) is 5.12. The summed E-state index contributed by atoms with van der Waals surface area (Å²) in [6.45, 7) is 1.46. The highest BCUT2D eigenvalue weighted by molar-refractivity contribution is 5.96. The van der Waals surface area contributed by atoms with Gasteiger partial charge in [0.15, 0.2) is 0 Å². The summed E-state index contributed by atoms with van der Waals surface area (Å²) in [5.74, 6) is 0.179. The number of amides is 1. The fraction of sp³-hybridized carbons (Fsp3) is 0.333. The molecule has 3 rings (SSSR count). The number of anilines is 1. The van der Waals surface area contributed by atoms with Crippen LogP contribution < -0.4 is 10.2 Å². The molecule has 104 valence electrons. The van der Waals surface area contributed by atoms with E-state index in [1.54, 1.807) is 6.33 Å². The number of hydrogen-bond donors (Lipinski definition) is 1. The van der Waals surface area contributed by atoms with E-state index in [0.29, 0.717) is 6.42 Å². The Labute approximate surface area is 118 Å². The molecule has 2 aromatic rings. The highest BCUT2D eigenvalue weighted by Gasteiger charge is 2.30. The molecule has 1 aliphatic heterocycles. The van der Waals surface area contributed by atoms with Crippen molar-refractivity contribution in [2.24, 2.45) is 7.05 Å². The Bertz CT molecular complexity index is 593. The van der Waals surface area contributed by atoms with Crippen molar-refractivity contribution in [1.29, 1.82) is 0 Å². The molecule has 1 amide bonds. The summed E-state index contributed by atoms with van der Waals surface area (Å²) < 4.78 is 1.98. The van der Waals surface area contributed by atoms with Crippen LogP contribution in [0.4, 0.5) is 5.69 Å². The van der Waals surface area contributed by atoms with Crippen LogP contribution in [0.1, 0.15) is 12.1 Å². The largest absolute Gasteiger partial charge is 0.337 e. The van der Waals surface area contributed by atoms with Crippen LogP contribution in [0.15, 0.2) is 42.9 Å². The molecule has 5 heteroatoms. The maximum Gasteiger partial charge on any atom is 0.228 e. The van der Waals surface area contributed by atoms with Crippen molar-refractivity contribution in [3.05, 3.63) is 48.5 Å². The maximum absolute atomic E-state index is 12.1. The first-order valence-corrected chi connectivity index (χ1v) is 6.78. The molecule has 1 aromatic heterocycles. The van der Waals surface area contributed by atoms with Crippen molar-refractivity contribution in [3.8, 4) is 0 Å². The van der Waals surface area contributed by atoms with Gasteiger partial charge in [-0.15, -0.1) is 0 Å². The standard InChI is InChI=1S/C15H18N4O/c1-18-11-16-8-14(18)9-17-12-7-15(20)19(10-12)13-5-3-2-4-6-13/h2-6,8,11-12,17H,7,9-10H2,1H3/t12-/m1/s1. The van der Waals surface area contributed by atoms with Crippen LogP contribution in [-0.4, -0.2) is 28.0 Å². The monoisotopic (exact) mass is 270 g/mol. The third kappa shape index (κ3) is 2.58. The lowest BCUT2D eigenvalue weighted by Gasteiger charge is -2.17. The Morgan fingerprint density at radius 3 is 2.85 bits per heavy atom. The number of carbonyl (C=O) groups is 1. The second kappa shape index (κ2) is 5.46. The van der Waals surface area contributed by atoms with Crippen molar-refractivity contribution in [1.82, 2.24) is 14.9 Å². The number of carbonyl (C=O) groups excluding carboxylic acids is 1. The van der Waals surface area contributed by atoms with Crippen molar-refractivity contribution >= 4 is 11.6 Å². The van der Waals surface area contributed by atoms with Gasteiger partial charge < -0.3 is 14.8 Å². The summed E-state index contributed by atoms with van der Waals surface area (Å²) >= 11 is 0. The lowest BCUT2D eigenvalue weighted by Crippen LogP contribution is -2.32. The summed E-state index contributed by atoms with van der Waals surface area (Å²) in [5, 5.41) is 3.43. The van der Waals surface area contributed by atoms with Crippen molar-refractivity contribution in [2.45, 2.75) is 19.0 Å². The van der Waals surface area contributed by atoms with E-state index in [0.717, 1.165) is 24.5 Å². The fourth-order valence-electron chi connectivity index (χ4n) is 2.51. The molecule has 0 unspecified atom stereocenters. The summed E-state index contributed by atoms with van der Waals surface area (Å²) in [4.78, 5) is 18.0. The zero-order chi connectivity index (χ0) is 13.9. The van der Waals surface area contributed by atoms with Crippen molar-refractivity contribution in [2.75, 3.05) is 11.4 Å². The van der Waals surface area contributed by atoms with Crippen molar-refractivity contribution in [3.63, 3.8) is 0 Å². The van der Waals surface area contributed by atoms with Gasteiger partial charge in [-0.2, -0.15) is 0 Å².